The van der Waals surface area contributed by atoms with E-state index < -0.39 is 0 Å². The van der Waals surface area contributed by atoms with Crippen LogP contribution in [0.1, 0.15) is 47.2 Å². The molecule has 8 aromatic carbocycles. The van der Waals surface area contributed by atoms with Gasteiger partial charge in [0.25, 0.3) is 0 Å². The number of hydrogen-bond acceptors (Lipinski definition) is 2. The first kappa shape index (κ1) is 33.9. The summed E-state index contributed by atoms with van der Waals surface area (Å²) in [5, 5.41) is 5.01. The second-order valence-corrected chi connectivity index (χ2v) is 17.9. The zero-order valence-electron chi connectivity index (χ0n) is 34.7. The molecule has 0 aliphatic carbocycles. The standard InChI is InChI=1S/C55H42BN3O/c1-31-16-13-17-32(2)51(31)58-42-23-9-7-20-35(42)37-28-40-47(30-46(37)58)59(52-33(3)18-14-19-34(52)4)45-26-15-22-39-50(45)56(40)41-29-38-36-21-8-10-24-43(36)57-44-25-11-12-27-48(44)60-54(53(38)57)49(41)55(39,5)6/h7-30H,1-6H3. The average molecular weight is 772 g/mol. The summed E-state index contributed by atoms with van der Waals surface area (Å²) in [6.07, 6.45) is 0. The van der Waals surface area contributed by atoms with Crippen molar-refractivity contribution in [3.63, 3.8) is 0 Å². The van der Waals surface area contributed by atoms with Crippen LogP contribution in [0, 0.1) is 27.7 Å². The summed E-state index contributed by atoms with van der Waals surface area (Å²) in [5.74, 6) is 1.87. The van der Waals surface area contributed by atoms with Gasteiger partial charge in [0, 0.05) is 43.9 Å². The van der Waals surface area contributed by atoms with Gasteiger partial charge in [0.2, 0.25) is 6.71 Å². The maximum atomic E-state index is 7.25. The minimum Gasteiger partial charge on any atom is -0.453 e. The van der Waals surface area contributed by atoms with Gasteiger partial charge in [-0.3, -0.25) is 0 Å². The number of ether oxygens (including phenoxy) is 1. The molecule has 0 radical (unpaired) electrons. The number of hydrogen-bond donors (Lipinski definition) is 0. The van der Waals surface area contributed by atoms with E-state index in [0.29, 0.717) is 0 Å². The number of anilines is 3. The van der Waals surface area contributed by atoms with Crippen LogP contribution in [-0.4, -0.2) is 15.8 Å². The van der Waals surface area contributed by atoms with E-state index in [9.17, 15) is 0 Å². The molecule has 0 saturated carbocycles. The fraction of sp³-hybridized carbons (Fsp3) is 0.127. The zero-order valence-corrected chi connectivity index (χ0v) is 34.7. The lowest BCUT2D eigenvalue weighted by molar-refractivity contribution is 0.458. The minimum absolute atomic E-state index is 0.0370. The molecule has 0 bridgehead atoms. The van der Waals surface area contributed by atoms with Gasteiger partial charge < -0.3 is 18.8 Å². The molecule has 4 nitrogen and oxygen atoms in total. The Hall–Kier alpha value is -6.98. The zero-order chi connectivity index (χ0) is 40.3. The second-order valence-electron chi connectivity index (χ2n) is 17.9. The monoisotopic (exact) mass is 771 g/mol. The second kappa shape index (κ2) is 11.6. The lowest BCUT2D eigenvalue weighted by atomic mass is 9.30. The Morgan fingerprint density at radius 2 is 1.07 bits per heavy atom. The van der Waals surface area contributed by atoms with Crippen molar-refractivity contribution < 1.29 is 4.74 Å². The van der Waals surface area contributed by atoms with E-state index in [0.717, 1.165) is 22.7 Å². The number of benzene rings is 8. The summed E-state index contributed by atoms with van der Waals surface area (Å²) in [7, 11) is 0. The van der Waals surface area contributed by atoms with Crippen LogP contribution in [-0.2, 0) is 5.41 Å². The molecule has 2 aromatic heterocycles. The lowest BCUT2D eigenvalue weighted by Gasteiger charge is -2.46. The van der Waals surface area contributed by atoms with Crippen molar-refractivity contribution in [2.75, 3.05) is 4.90 Å². The first-order valence-electron chi connectivity index (χ1n) is 21.2. The predicted octanol–water partition coefficient (Wildman–Crippen LogP) is 12.2. The Morgan fingerprint density at radius 1 is 0.483 bits per heavy atom. The van der Waals surface area contributed by atoms with E-state index in [1.807, 2.05) is 0 Å². The molecule has 10 aromatic rings. The highest BCUT2D eigenvalue weighted by Crippen LogP contribution is 2.53. The van der Waals surface area contributed by atoms with Gasteiger partial charge in [-0.2, -0.15) is 0 Å². The Balaban J connectivity index is 1.22. The van der Waals surface area contributed by atoms with Crippen LogP contribution in [0.3, 0.4) is 0 Å². The van der Waals surface area contributed by atoms with Gasteiger partial charge in [-0.25, -0.2) is 0 Å². The predicted molar refractivity (Wildman–Crippen MR) is 252 cm³/mol. The highest BCUT2D eigenvalue weighted by Gasteiger charge is 2.49. The maximum absolute atomic E-state index is 7.25. The lowest BCUT2D eigenvalue weighted by Crippen LogP contribution is -2.64. The molecular weight excluding hydrogens is 729 g/mol. The van der Waals surface area contributed by atoms with Gasteiger partial charge in [0.1, 0.15) is 0 Å². The molecular formula is C55H42BN3O. The van der Waals surface area contributed by atoms with E-state index in [-0.39, 0.29) is 12.1 Å². The molecule has 0 amide bonds. The summed E-state index contributed by atoms with van der Waals surface area (Å²) in [4.78, 5) is 2.60. The molecule has 286 valence electrons. The van der Waals surface area contributed by atoms with Gasteiger partial charge in [0.05, 0.1) is 39.1 Å². The van der Waals surface area contributed by atoms with Gasteiger partial charge in [0.15, 0.2) is 11.5 Å². The first-order valence-corrected chi connectivity index (χ1v) is 21.2. The van der Waals surface area contributed by atoms with Crippen molar-refractivity contribution in [3.05, 3.63) is 179 Å². The number of aryl methyl sites for hydroxylation is 4. The van der Waals surface area contributed by atoms with Crippen LogP contribution in [0.5, 0.6) is 11.5 Å². The van der Waals surface area contributed by atoms with Crippen molar-refractivity contribution in [1.82, 2.24) is 9.13 Å². The molecule has 5 heterocycles. The number of rotatable bonds is 2. The SMILES string of the molecule is Cc1cccc(C)c1N1c2cc3c(cc2B2c4cc5c6ccccc6n6c5c(c4C(C)(C)c4cccc1c42)Oc1ccccc1-6)c1ccccc1n3-c1c(C)cccc1C. The minimum atomic E-state index is -0.374. The molecule has 60 heavy (non-hydrogen) atoms. The highest BCUT2D eigenvalue weighted by atomic mass is 16.5. The molecule has 5 heteroatoms. The summed E-state index contributed by atoms with van der Waals surface area (Å²) in [6.45, 7) is 13.8. The van der Waals surface area contributed by atoms with Crippen LogP contribution < -0.4 is 26.0 Å². The smallest absolute Gasteiger partial charge is 0.247 e. The Labute approximate surface area is 350 Å². The summed E-state index contributed by atoms with van der Waals surface area (Å²) >= 11 is 0. The molecule has 0 saturated heterocycles. The van der Waals surface area contributed by atoms with Crippen molar-refractivity contribution in [2.24, 2.45) is 0 Å². The van der Waals surface area contributed by atoms with Crippen LogP contribution in [0.4, 0.5) is 17.1 Å². The number of aromatic nitrogens is 2. The third-order valence-corrected chi connectivity index (χ3v) is 14.2. The number of fused-ring (bicyclic) bond motifs is 13. The molecule has 0 N–H and O–H groups in total. The quantitative estimate of drug-likeness (QED) is 0.163. The van der Waals surface area contributed by atoms with E-state index in [4.69, 9.17) is 4.74 Å². The Morgan fingerprint density at radius 3 is 1.80 bits per heavy atom. The van der Waals surface area contributed by atoms with E-state index in [1.54, 1.807) is 0 Å². The Bertz CT molecular complexity index is 3530. The third-order valence-electron chi connectivity index (χ3n) is 14.2. The van der Waals surface area contributed by atoms with E-state index >= 15 is 0 Å². The highest BCUT2D eigenvalue weighted by molar-refractivity contribution is 6.99. The van der Waals surface area contributed by atoms with E-state index in [2.05, 4.69) is 201 Å². The molecule has 13 rings (SSSR count). The number of nitrogens with zero attached hydrogens (tertiary/aromatic N) is 3. The largest absolute Gasteiger partial charge is 0.453 e. The third kappa shape index (κ3) is 4.12. The van der Waals surface area contributed by atoms with Crippen LogP contribution in [0.15, 0.2) is 146 Å². The van der Waals surface area contributed by atoms with Gasteiger partial charge >= 0.3 is 0 Å². The van der Waals surface area contributed by atoms with Crippen molar-refractivity contribution >= 4 is 83.8 Å². The van der Waals surface area contributed by atoms with Crippen molar-refractivity contribution in [1.29, 1.82) is 0 Å². The van der Waals surface area contributed by atoms with Crippen LogP contribution in [0.25, 0.3) is 55.0 Å². The summed E-state index contributed by atoms with van der Waals surface area (Å²) in [5.41, 5.74) is 22.2. The normalized spacial score (nSPS) is 14.4. The van der Waals surface area contributed by atoms with E-state index in [1.165, 1.54) is 111 Å². The van der Waals surface area contributed by atoms with Crippen LogP contribution >= 0.6 is 0 Å². The molecule has 0 atom stereocenters. The summed E-state index contributed by atoms with van der Waals surface area (Å²) < 4.78 is 12.2. The molecule has 3 aliphatic heterocycles. The molecule has 0 spiro atoms. The average Bonchev–Trinajstić information content (AvgIpc) is 3.75. The van der Waals surface area contributed by atoms with Gasteiger partial charge in [-0.05, 0) is 103 Å². The Kier molecular flexibility index (Phi) is 6.57. The van der Waals surface area contributed by atoms with Crippen molar-refractivity contribution in [2.45, 2.75) is 47.0 Å². The first-order chi connectivity index (χ1) is 29.2. The van der Waals surface area contributed by atoms with Crippen LogP contribution in [0.2, 0.25) is 0 Å². The molecule has 3 aliphatic rings. The topological polar surface area (TPSA) is 22.3 Å². The van der Waals surface area contributed by atoms with Gasteiger partial charge in [-0.1, -0.05) is 129 Å². The fourth-order valence-corrected chi connectivity index (χ4v) is 11.8. The summed E-state index contributed by atoms with van der Waals surface area (Å²) in [6, 6.07) is 54.4. The van der Waals surface area contributed by atoms with Gasteiger partial charge in [-0.15, -0.1) is 0 Å². The fourth-order valence-electron chi connectivity index (χ4n) is 11.8. The molecule has 0 fully saturated rings. The molecule has 0 unspecified atom stereocenters. The number of para-hydroxylation sites is 6. The maximum Gasteiger partial charge on any atom is 0.247 e. The van der Waals surface area contributed by atoms with Crippen molar-refractivity contribution in [3.8, 4) is 22.9 Å².